The third-order valence-electron chi connectivity index (χ3n) is 4.78. The third kappa shape index (κ3) is 7.41. The minimum Gasteiger partial charge on any atom is -0.493 e. The Balaban J connectivity index is 1.75. The summed E-state index contributed by atoms with van der Waals surface area (Å²) in [5.41, 5.74) is 1.90. The SMILES string of the molecule is CCOC(=O)/C=C\c1ccc(OC)c(Oc2ccc(C(CCO)Sc3ccccc3)cc2)c1. The smallest absolute Gasteiger partial charge is 0.330 e. The van der Waals surface area contributed by atoms with Crippen molar-refractivity contribution in [2.45, 2.75) is 23.5 Å². The second-order valence-corrected chi connectivity index (χ2v) is 8.37. The highest BCUT2D eigenvalue weighted by atomic mass is 32.2. The number of aliphatic hydroxyl groups excluding tert-OH is 1. The number of thioether (sulfide) groups is 1. The second-order valence-electron chi connectivity index (χ2n) is 7.10. The number of hydrogen-bond acceptors (Lipinski definition) is 6. The molecule has 0 amide bonds. The average molecular weight is 465 g/mol. The molecule has 0 saturated heterocycles. The summed E-state index contributed by atoms with van der Waals surface area (Å²) in [6, 6.07) is 23.5. The number of hydrogen-bond donors (Lipinski definition) is 1. The fourth-order valence-corrected chi connectivity index (χ4v) is 4.34. The molecule has 0 radical (unpaired) electrons. The number of esters is 1. The number of methoxy groups -OCH3 is 1. The van der Waals surface area contributed by atoms with Crippen LogP contribution < -0.4 is 9.47 Å². The van der Waals surface area contributed by atoms with Crippen LogP contribution in [0.1, 0.15) is 29.7 Å². The van der Waals surface area contributed by atoms with Gasteiger partial charge in [-0.05, 0) is 66.9 Å². The van der Waals surface area contributed by atoms with Gasteiger partial charge < -0.3 is 19.3 Å². The van der Waals surface area contributed by atoms with Crippen LogP contribution >= 0.6 is 11.8 Å². The second kappa shape index (κ2) is 12.7. The van der Waals surface area contributed by atoms with Gasteiger partial charge in [-0.1, -0.05) is 36.4 Å². The quantitative estimate of drug-likeness (QED) is 0.205. The fourth-order valence-electron chi connectivity index (χ4n) is 3.18. The van der Waals surface area contributed by atoms with Crippen molar-refractivity contribution in [1.82, 2.24) is 0 Å². The molecular formula is C27H28O5S. The number of benzene rings is 3. The molecule has 0 heterocycles. The molecule has 0 aliphatic carbocycles. The summed E-state index contributed by atoms with van der Waals surface area (Å²) in [7, 11) is 1.58. The van der Waals surface area contributed by atoms with Crippen LogP contribution in [0.5, 0.6) is 17.2 Å². The lowest BCUT2D eigenvalue weighted by Gasteiger charge is -2.17. The van der Waals surface area contributed by atoms with E-state index in [2.05, 4.69) is 12.1 Å². The van der Waals surface area contributed by atoms with Gasteiger partial charge in [0.2, 0.25) is 0 Å². The van der Waals surface area contributed by atoms with E-state index in [1.54, 1.807) is 37.9 Å². The number of aliphatic hydroxyl groups is 1. The molecule has 6 heteroatoms. The molecule has 0 saturated carbocycles. The Morgan fingerprint density at radius 3 is 2.45 bits per heavy atom. The molecule has 0 aliphatic heterocycles. The van der Waals surface area contributed by atoms with Gasteiger partial charge in [0, 0.05) is 22.8 Å². The van der Waals surface area contributed by atoms with E-state index in [1.807, 2.05) is 54.6 Å². The van der Waals surface area contributed by atoms with Crippen LogP contribution in [-0.4, -0.2) is 31.4 Å². The highest BCUT2D eigenvalue weighted by molar-refractivity contribution is 7.99. The summed E-state index contributed by atoms with van der Waals surface area (Å²) in [6.45, 7) is 2.22. The van der Waals surface area contributed by atoms with E-state index in [9.17, 15) is 9.90 Å². The largest absolute Gasteiger partial charge is 0.493 e. The Morgan fingerprint density at radius 1 is 1.03 bits per heavy atom. The van der Waals surface area contributed by atoms with E-state index < -0.39 is 5.97 Å². The van der Waals surface area contributed by atoms with Gasteiger partial charge in [0.15, 0.2) is 11.5 Å². The zero-order valence-electron chi connectivity index (χ0n) is 18.8. The lowest BCUT2D eigenvalue weighted by molar-refractivity contribution is -0.137. The molecule has 3 aromatic rings. The molecule has 0 spiro atoms. The molecule has 5 nitrogen and oxygen atoms in total. The maximum Gasteiger partial charge on any atom is 0.330 e. The number of ether oxygens (including phenoxy) is 3. The molecule has 1 N–H and O–H groups in total. The minimum absolute atomic E-state index is 0.117. The van der Waals surface area contributed by atoms with Gasteiger partial charge >= 0.3 is 5.97 Å². The Labute approximate surface area is 199 Å². The van der Waals surface area contributed by atoms with Crippen molar-refractivity contribution in [2.75, 3.05) is 20.3 Å². The van der Waals surface area contributed by atoms with Gasteiger partial charge in [0.25, 0.3) is 0 Å². The van der Waals surface area contributed by atoms with Gasteiger partial charge in [0.05, 0.1) is 13.7 Å². The molecule has 0 aliphatic rings. The highest BCUT2D eigenvalue weighted by Gasteiger charge is 2.14. The Hall–Kier alpha value is -3.22. The van der Waals surface area contributed by atoms with E-state index in [1.165, 1.54) is 6.08 Å². The lowest BCUT2D eigenvalue weighted by atomic mass is 10.1. The van der Waals surface area contributed by atoms with Crippen molar-refractivity contribution < 1.29 is 24.1 Å². The topological polar surface area (TPSA) is 65.0 Å². The number of rotatable bonds is 11. The van der Waals surface area contributed by atoms with Crippen LogP contribution in [-0.2, 0) is 9.53 Å². The molecule has 1 atom stereocenters. The monoisotopic (exact) mass is 464 g/mol. The van der Waals surface area contributed by atoms with Gasteiger partial charge in [-0.3, -0.25) is 0 Å². The summed E-state index contributed by atoms with van der Waals surface area (Å²) in [4.78, 5) is 12.7. The van der Waals surface area contributed by atoms with E-state index in [0.717, 1.165) is 16.0 Å². The predicted octanol–water partition coefficient (Wildman–Crippen LogP) is 6.28. The van der Waals surface area contributed by atoms with E-state index >= 15 is 0 Å². The average Bonchev–Trinajstić information content (AvgIpc) is 2.84. The molecule has 1 unspecified atom stereocenters. The normalized spacial score (nSPS) is 11.8. The molecule has 0 bridgehead atoms. The van der Waals surface area contributed by atoms with Crippen molar-refractivity contribution in [2.24, 2.45) is 0 Å². The van der Waals surface area contributed by atoms with Gasteiger partial charge in [-0.15, -0.1) is 11.8 Å². The molecule has 33 heavy (non-hydrogen) atoms. The molecule has 0 fully saturated rings. The molecule has 0 aromatic heterocycles. The number of carbonyl (C=O) groups is 1. The van der Waals surface area contributed by atoms with Crippen LogP contribution in [0.4, 0.5) is 0 Å². The van der Waals surface area contributed by atoms with Crippen LogP contribution in [0.2, 0.25) is 0 Å². The molecule has 3 rings (SSSR count). The zero-order valence-corrected chi connectivity index (χ0v) is 19.6. The maximum absolute atomic E-state index is 11.6. The fraction of sp³-hybridized carbons (Fsp3) is 0.222. The molecular weight excluding hydrogens is 436 g/mol. The Morgan fingerprint density at radius 2 is 1.79 bits per heavy atom. The van der Waals surface area contributed by atoms with Crippen LogP contribution in [0.25, 0.3) is 6.08 Å². The Kier molecular flexibility index (Phi) is 9.42. The summed E-state index contributed by atoms with van der Waals surface area (Å²) in [6.07, 6.45) is 3.71. The van der Waals surface area contributed by atoms with Crippen LogP contribution in [0, 0.1) is 0 Å². The molecule has 3 aromatic carbocycles. The van der Waals surface area contributed by atoms with E-state index in [-0.39, 0.29) is 11.9 Å². The summed E-state index contributed by atoms with van der Waals surface area (Å²) >= 11 is 1.73. The highest BCUT2D eigenvalue weighted by Crippen LogP contribution is 2.39. The van der Waals surface area contributed by atoms with Crippen molar-refractivity contribution in [1.29, 1.82) is 0 Å². The van der Waals surface area contributed by atoms with Gasteiger partial charge in [-0.25, -0.2) is 4.79 Å². The first kappa shape index (κ1) is 24.4. The zero-order chi connectivity index (χ0) is 23.5. The first-order valence-corrected chi connectivity index (χ1v) is 11.6. The predicted molar refractivity (Wildman–Crippen MR) is 132 cm³/mol. The third-order valence-corrected chi connectivity index (χ3v) is 6.12. The van der Waals surface area contributed by atoms with Gasteiger partial charge in [-0.2, -0.15) is 0 Å². The number of carbonyl (C=O) groups excluding carboxylic acids is 1. The van der Waals surface area contributed by atoms with Crippen molar-refractivity contribution in [3.8, 4) is 17.2 Å². The van der Waals surface area contributed by atoms with Crippen molar-refractivity contribution >= 4 is 23.8 Å². The van der Waals surface area contributed by atoms with Gasteiger partial charge in [0.1, 0.15) is 5.75 Å². The van der Waals surface area contributed by atoms with Crippen molar-refractivity contribution in [3.63, 3.8) is 0 Å². The van der Waals surface area contributed by atoms with Crippen molar-refractivity contribution in [3.05, 3.63) is 90.0 Å². The molecule has 172 valence electrons. The Bertz CT molecular complexity index is 1050. The minimum atomic E-state index is -0.391. The summed E-state index contributed by atoms with van der Waals surface area (Å²) < 4.78 is 16.4. The maximum atomic E-state index is 11.6. The lowest BCUT2D eigenvalue weighted by Crippen LogP contribution is -1.99. The summed E-state index contributed by atoms with van der Waals surface area (Å²) in [5, 5.41) is 9.67. The van der Waals surface area contributed by atoms with E-state index in [4.69, 9.17) is 14.2 Å². The van der Waals surface area contributed by atoms with Crippen LogP contribution in [0.3, 0.4) is 0 Å². The summed E-state index contributed by atoms with van der Waals surface area (Å²) in [5.74, 6) is 1.40. The first-order valence-electron chi connectivity index (χ1n) is 10.8. The standard InChI is InChI=1S/C27H28O5S/c1-3-31-27(29)16-10-20-9-15-24(30-2)25(19-20)32-22-13-11-21(12-14-22)26(17-18-28)33-23-7-5-4-6-8-23/h4-16,19,26,28H,3,17-18H2,1-2H3/b16-10-. The van der Waals surface area contributed by atoms with Crippen LogP contribution in [0.15, 0.2) is 83.8 Å². The first-order chi connectivity index (χ1) is 16.1. The van der Waals surface area contributed by atoms with E-state index in [0.29, 0.717) is 30.3 Å².